The van der Waals surface area contributed by atoms with Crippen LogP contribution in [0.2, 0.25) is 0 Å². The molecule has 1 saturated heterocycles. The van der Waals surface area contributed by atoms with Crippen LogP contribution in [0.5, 0.6) is 0 Å². The SMILES string of the molecule is CC[C@@H]1C[C@@H](C)CCC=C[C@@H]2C[C@@]2(C(=O)NS(=O)(=O)C2(C)CC2)NC(=O)[C@@H]2C[C@@H](OC(=O)N3Cc4cccc(F)c4C3)CN2C(=O)[C@H]1NC(=O)OC(C)(C)C(F)(F)F. The molecule has 3 aliphatic heterocycles. The van der Waals surface area contributed by atoms with Gasteiger partial charge in [-0.05, 0) is 82.8 Å². The van der Waals surface area contributed by atoms with Crippen LogP contribution in [0.25, 0.3) is 0 Å². The molecule has 0 spiro atoms. The van der Waals surface area contributed by atoms with Crippen molar-refractivity contribution in [3.8, 4) is 0 Å². The van der Waals surface area contributed by atoms with Crippen LogP contribution in [0.15, 0.2) is 30.4 Å². The van der Waals surface area contributed by atoms with Gasteiger partial charge in [0.2, 0.25) is 27.4 Å². The fourth-order valence-corrected chi connectivity index (χ4v) is 9.30. The number of benzene rings is 1. The fourth-order valence-electron chi connectivity index (χ4n) is 7.99. The van der Waals surface area contributed by atoms with Crippen molar-refractivity contribution in [3.05, 3.63) is 47.3 Å². The van der Waals surface area contributed by atoms with Crippen molar-refractivity contribution < 1.29 is 59.4 Å². The van der Waals surface area contributed by atoms with Crippen LogP contribution in [-0.2, 0) is 47.0 Å². The number of alkyl carbamates (subject to hydrolysis) is 1. The van der Waals surface area contributed by atoms with E-state index in [4.69, 9.17) is 9.47 Å². The summed E-state index contributed by atoms with van der Waals surface area (Å²) in [6.45, 7) is 6.07. The summed E-state index contributed by atoms with van der Waals surface area (Å²) >= 11 is 0. The first-order valence-electron chi connectivity index (χ1n) is 19.6. The van der Waals surface area contributed by atoms with Crippen LogP contribution in [0.3, 0.4) is 0 Å². The Morgan fingerprint density at radius 2 is 1.79 bits per heavy atom. The van der Waals surface area contributed by atoms with E-state index in [-0.39, 0.29) is 44.8 Å². The van der Waals surface area contributed by atoms with E-state index in [0.29, 0.717) is 57.1 Å². The first kappa shape index (κ1) is 43.2. The van der Waals surface area contributed by atoms with Crippen LogP contribution in [-0.4, -0.2) is 94.9 Å². The number of hydrogen-bond acceptors (Lipinski definition) is 9. The number of nitrogens with one attached hydrogen (secondary N) is 3. The fraction of sp³-hybridized carbons (Fsp3) is 0.667. The lowest BCUT2D eigenvalue weighted by molar-refractivity contribution is -0.244. The Kier molecular flexibility index (Phi) is 11.6. The lowest BCUT2D eigenvalue weighted by Crippen LogP contribution is -2.60. The van der Waals surface area contributed by atoms with Gasteiger partial charge in [-0.25, -0.2) is 22.4 Å². The zero-order chi connectivity index (χ0) is 42.6. The van der Waals surface area contributed by atoms with Crippen LogP contribution in [0, 0.1) is 23.6 Å². The van der Waals surface area contributed by atoms with E-state index >= 15 is 0 Å². The van der Waals surface area contributed by atoms with Crippen molar-refractivity contribution >= 4 is 39.9 Å². The Hall–Kier alpha value is -4.42. The Morgan fingerprint density at radius 1 is 1.09 bits per heavy atom. The maximum absolute atomic E-state index is 14.8. The van der Waals surface area contributed by atoms with Gasteiger partial charge in [0.15, 0.2) is 0 Å². The summed E-state index contributed by atoms with van der Waals surface area (Å²) in [7, 11) is -4.11. The first-order valence-corrected chi connectivity index (χ1v) is 21.1. The molecular formula is C39H51F4N5O9S. The predicted octanol–water partition coefficient (Wildman–Crippen LogP) is 4.96. The number of carbonyl (C=O) groups excluding carboxylic acids is 5. The molecule has 58 heavy (non-hydrogen) atoms. The number of nitrogens with zero attached hydrogens (tertiary/aromatic N) is 2. The molecule has 320 valence electrons. The highest BCUT2D eigenvalue weighted by atomic mass is 32.2. The number of fused-ring (bicyclic) bond motifs is 3. The van der Waals surface area contributed by atoms with Gasteiger partial charge in [0.05, 0.1) is 17.8 Å². The quantitative estimate of drug-likeness (QED) is 0.253. The molecule has 1 aromatic rings. The largest absolute Gasteiger partial charge is 0.444 e. The monoisotopic (exact) mass is 841 g/mol. The molecule has 5 aliphatic rings. The van der Waals surface area contributed by atoms with Crippen LogP contribution in [0.4, 0.5) is 27.2 Å². The molecule has 3 N–H and O–H groups in total. The summed E-state index contributed by atoms with van der Waals surface area (Å²) in [5, 5.41) is 5.08. The van der Waals surface area contributed by atoms with Gasteiger partial charge in [-0.1, -0.05) is 44.6 Å². The lowest BCUT2D eigenvalue weighted by Gasteiger charge is -2.35. The minimum atomic E-state index is -4.95. The molecule has 0 aromatic heterocycles. The van der Waals surface area contributed by atoms with Gasteiger partial charge in [-0.15, -0.1) is 0 Å². The molecule has 3 fully saturated rings. The molecule has 19 heteroatoms. The van der Waals surface area contributed by atoms with Crippen LogP contribution in [0.1, 0.15) is 97.1 Å². The second-order valence-electron chi connectivity index (χ2n) is 17.2. The molecule has 2 aliphatic carbocycles. The third-order valence-corrected chi connectivity index (χ3v) is 14.5. The van der Waals surface area contributed by atoms with Crippen molar-refractivity contribution in [1.29, 1.82) is 0 Å². The lowest BCUT2D eigenvalue weighted by atomic mass is 9.85. The molecule has 14 nitrogen and oxygen atoms in total. The smallest absolute Gasteiger partial charge is 0.427 e. The zero-order valence-electron chi connectivity index (χ0n) is 33.1. The predicted molar refractivity (Wildman–Crippen MR) is 199 cm³/mol. The molecule has 7 atom stereocenters. The standard InChI is InChI=1S/C39H51F4N5O9S/c1-6-23-16-22(2)10-7-8-12-25-18-38(25,33(51)46-58(54,55)37(5)14-15-37)45-31(49)29-17-26(56-35(53)47-19-24-11-9-13-28(40)27(24)21-47)20-48(29)32(50)30(23)44-34(52)57-36(3,4)39(41,42)43/h8-9,11-13,22-23,25-26,29-30H,6-7,10,14-21H2,1-5H3,(H,44,52)(H,45,49)(H,46,51)/t22-,23+,25+,26+,29-,30-,38+/m0/s1. The highest BCUT2D eigenvalue weighted by Crippen LogP contribution is 2.48. The maximum Gasteiger partial charge on any atom is 0.427 e. The molecule has 0 radical (unpaired) electrons. The van der Waals surface area contributed by atoms with Gasteiger partial charge >= 0.3 is 18.4 Å². The summed E-state index contributed by atoms with van der Waals surface area (Å²) in [6.07, 6.45) is -2.69. The number of sulfonamides is 1. The van der Waals surface area contributed by atoms with Gasteiger partial charge in [0.25, 0.3) is 5.91 Å². The Morgan fingerprint density at radius 3 is 2.43 bits per heavy atom. The second-order valence-corrected chi connectivity index (χ2v) is 19.4. The van der Waals surface area contributed by atoms with Gasteiger partial charge < -0.3 is 25.0 Å². The molecule has 5 amide bonds. The van der Waals surface area contributed by atoms with E-state index < -0.39 is 97.8 Å². The minimum Gasteiger partial charge on any atom is -0.444 e. The summed E-state index contributed by atoms with van der Waals surface area (Å²) in [5.74, 6) is -4.50. The highest BCUT2D eigenvalue weighted by molar-refractivity contribution is 7.91. The van der Waals surface area contributed by atoms with Crippen molar-refractivity contribution in [2.24, 2.45) is 17.8 Å². The highest BCUT2D eigenvalue weighted by Gasteiger charge is 2.63. The van der Waals surface area contributed by atoms with Crippen molar-refractivity contribution in [1.82, 2.24) is 25.2 Å². The third-order valence-electron chi connectivity index (χ3n) is 12.4. The Balaban J connectivity index is 1.32. The Bertz CT molecular complexity index is 1970. The van der Waals surface area contributed by atoms with Crippen molar-refractivity contribution in [2.75, 3.05) is 6.54 Å². The molecule has 0 bridgehead atoms. The van der Waals surface area contributed by atoms with Gasteiger partial charge in [0.1, 0.15) is 29.5 Å². The normalized spacial score (nSPS) is 29.8. The van der Waals surface area contributed by atoms with Crippen molar-refractivity contribution in [2.45, 2.75) is 139 Å². The van der Waals surface area contributed by atoms with Gasteiger partial charge in [0, 0.05) is 24.4 Å². The molecular weight excluding hydrogens is 791 g/mol. The van der Waals surface area contributed by atoms with E-state index in [1.807, 2.05) is 13.0 Å². The van der Waals surface area contributed by atoms with Crippen LogP contribution < -0.4 is 15.4 Å². The molecule has 6 rings (SSSR count). The average Bonchev–Trinajstić information content (AvgIpc) is 3.92. The summed E-state index contributed by atoms with van der Waals surface area (Å²) < 4.78 is 93.6. The first-order chi connectivity index (χ1) is 27.0. The third kappa shape index (κ3) is 8.64. The van der Waals surface area contributed by atoms with Gasteiger partial charge in [-0.3, -0.25) is 24.0 Å². The summed E-state index contributed by atoms with van der Waals surface area (Å²) in [6, 6.07) is 1.50. The molecule has 1 aromatic carbocycles. The number of amides is 5. The van der Waals surface area contributed by atoms with Crippen molar-refractivity contribution in [3.63, 3.8) is 0 Å². The number of allylic oxidation sites excluding steroid dienone is 1. The summed E-state index contributed by atoms with van der Waals surface area (Å²) in [5.41, 5.74) is -3.73. The van der Waals surface area contributed by atoms with Gasteiger partial charge in [-0.2, -0.15) is 13.2 Å². The number of alkyl halides is 3. The zero-order valence-corrected chi connectivity index (χ0v) is 33.9. The molecule has 2 saturated carbocycles. The van der Waals surface area contributed by atoms with E-state index in [1.165, 1.54) is 24.0 Å². The number of carbonyl (C=O) groups is 5. The number of halogens is 4. The average molecular weight is 842 g/mol. The second kappa shape index (κ2) is 15.6. The molecule has 3 heterocycles. The van der Waals surface area contributed by atoms with Crippen LogP contribution >= 0.6 is 0 Å². The maximum atomic E-state index is 14.8. The topological polar surface area (TPSA) is 181 Å². The summed E-state index contributed by atoms with van der Waals surface area (Å²) in [4.78, 5) is 72.0. The minimum absolute atomic E-state index is 0.0401. The van der Waals surface area contributed by atoms with E-state index in [9.17, 15) is 50.0 Å². The Labute approximate surface area is 334 Å². The van der Waals surface area contributed by atoms with E-state index in [0.717, 1.165) is 4.90 Å². The number of rotatable bonds is 7. The molecule has 0 unspecified atom stereocenters. The number of hydrogen-bond donors (Lipinski definition) is 3. The number of ether oxygens (including phenoxy) is 2. The van der Waals surface area contributed by atoms with E-state index in [2.05, 4.69) is 15.4 Å². The van der Waals surface area contributed by atoms with E-state index in [1.54, 1.807) is 19.1 Å².